The molecule has 4 rings (SSSR count). The lowest BCUT2D eigenvalue weighted by Crippen LogP contribution is -2.14. The zero-order valence-electron chi connectivity index (χ0n) is 11.2. The number of carbonyl (C=O) groups is 1. The average Bonchev–Trinajstić information content (AvgIpc) is 3.00. The van der Waals surface area contributed by atoms with Gasteiger partial charge in [-0.25, -0.2) is 4.52 Å². The van der Waals surface area contributed by atoms with E-state index >= 15 is 0 Å². The molecule has 1 saturated heterocycles. The molecule has 1 amide bonds. The molecule has 2 aromatic rings. The molecule has 1 aliphatic carbocycles. The minimum atomic E-state index is 0.0463. The number of hydrogen-bond acceptors (Lipinski definition) is 4. The van der Waals surface area contributed by atoms with Gasteiger partial charge in [0.1, 0.15) is 0 Å². The smallest absolute Gasteiger partial charge is 0.249 e. The largest absolute Gasteiger partial charge is 0.316 e. The van der Waals surface area contributed by atoms with E-state index in [2.05, 4.69) is 26.8 Å². The van der Waals surface area contributed by atoms with Gasteiger partial charge < -0.3 is 5.32 Å². The van der Waals surface area contributed by atoms with Gasteiger partial charge in [-0.3, -0.25) is 10.1 Å². The number of fused-ring (bicyclic) bond motifs is 1. The minimum absolute atomic E-state index is 0.0463. The van der Waals surface area contributed by atoms with Crippen molar-refractivity contribution in [3.05, 3.63) is 23.9 Å². The van der Waals surface area contributed by atoms with E-state index in [9.17, 15) is 4.79 Å². The highest BCUT2D eigenvalue weighted by Crippen LogP contribution is 2.30. The van der Waals surface area contributed by atoms with Crippen molar-refractivity contribution in [3.63, 3.8) is 0 Å². The molecule has 104 valence electrons. The molecule has 1 aliphatic heterocycles. The van der Waals surface area contributed by atoms with E-state index in [1.165, 1.54) is 0 Å². The molecule has 3 heterocycles. The van der Waals surface area contributed by atoms with Crippen LogP contribution in [0.4, 0.5) is 5.95 Å². The molecule has 1 atom stereocenters. The van der Waals surface area contributed by atoms with Crippen LogP contribution in [0.5, 0.6) is 0 Å². The Labute approximate surface area is 116 Å². The van der Waals surface area contributed by atoms with Gasteiger partial charge in [-0.2, -0.15) is 4.98 Å². The van der Waals surface area contributed by atoms with Crippen LogP contribution in [0, 0.1) is 5.92 Å². The molecule has 2 aromatic heterocycles. The normalized spacial score (nSPS) is 22.3. The molecular formula is C14H17N5O. The van der Waals surface area contributed by atoms with Crippen molar-refractivity contribution in [1.82, 2.24) is 19.9 Å². The number of pyridine rings is 1. The molecular weight excluding hydrogens is 254 g/mol. The summed E-state index contributed by atoms with van der Waals surface area (Å²) < 4.78 is 1.86. The van der Waals surface area contributed by atoms with Crippen molar-refractivity contribution in [2.75, 3.05) is 18.4 Å². The molecule has 2 N–H and O–H groups in total. The Morgan fingerprint density at radius 2 is 2.25 bits per heavy atom. The van der Waals surface area contributed by atoms with Crippen molar-refractivity contribution in [1.29, 1.82) is 0 Å². The molecule has 2 fully saturated rings. The quantitative estimate of drug-likeness (QED) is 0.878. The van der Waals surface area contributed by atoms with Crippen LogP contribution >= 0.6 is 0 Å². The second-order valence-electron chi connectivity index (χ2n) is 5.61. The van der Waals surface area contributed by atoms with E-state index in [-0.39, 0.29) is 11.8 Å². The zero-order valence-corrected chi connectivity index (χ0v) is 11.2. The number of anilines is 1. The van der Waals surface area contributed by atoms with Crippen LogP contribution in [-0.4, -0.2) is 33.6 Å². The summed E-state index contributed by atoms with van der Waals surface area (Å²) in [5.74, 6) is 1.10. The molecule has 6 heteroatoms. The van der Waals surface area contributed by atoms with Crippen molar-refractivity contribution in [2.24, 2.45) is 5.92 Å². The molecule has 0 radical (unpaired) electrons. The number of rotatable bonds is 3. The first-order chi connectivity index (χ1) is 9.81. The van der Waals surface area contributed by atoms with Gasteiger partial charge in [-0.15, -0.1) is 5.10 Å². The van der Waals surface area contributed by atoms with E-state index in [4.69, 9.17) is 0 Å². The highest BCUT2D eigenvalue weighted by molar-refractivity contribution is 5.92. The van der Waals surface area contributed by atoms with Crippen molar-refractivity contribution >= 4 is 17.5 Å². The van der Waals surface area contributed by atoms with E-state index < -0.39 is 0 Å². The third-order valence-electron chi connectivity index (χ3n) is 4.05. The van der Waals surface area contributed by atoms with Crippen molar-refractivity contribution in [3.8, 4) is 0 Å². The van der Waals surface area contributed by atoms with Gasteiger partial charge >= 0.3 is 0 Å². The monoisotopic (exact) mass is 271 g/mol. The first kappa shape index (κ1) is 11.8. The fraction of sp³-hybridized carbons (Fsp3) is 0.500. The molecule has 1 unspecified atom stereocenters. The summed E-state index contributed by atoms with van der Waals surface area (Å²) >= 11 is 0. The summed E-state index contributed by atoms with van der Waals surface area (Å²) in [6, 6.07) is 6.02. The van der Waals surface area contributed by atoms with Gasteiger partial charge in [0, 0.05) is 24.1 Å². The summed E-state index contributed by atoms with van der Waals surface area (Å²) in [5.41, 5.74) is 1.95. The lowest BCUT2D eigenvalue weighted by Gasteiger charge is -2.09. The molecule has 0 spiro atoms. The topological polar surface area (TPSA) is 71.3 Å². The van der Waals surface area contributed by atoms with Crippen LogP contribution < -0.4 is 10.6 Å². The Hall–Kier alpha value is -1.95. The third kappa shape index (κ3) is 2.06. The molecule has 0 bridgehead atoms. The Morgan fingerprint density at radius 3 is 3.00 bits per heavy atom. The van der Waals surface area contributed by atoms with E-state index in [0.717, 1.165) is 43.7 Å². The minimum Gasteiger partial charge on any atom is -0.316 e. The predicted molar refractivity (Wildman–Crippen MR) is 74.6 cm³/mol. The Balaban J connectivity index is 1.67. The van der Waals surface area contributed by atoms with Crippen LogP contribution in [0.25, 0.3) is 5.65 Å². The van der Waals surface area contributed by atoms with Gasteiger partial charge in [-0.1, -0.05) is 6.07 Å². The number of nitrogens with zero attached hydrogens (tertiary/aromatic N) is 3. The lowest BCUT2D eigenvalue weighted by atomic mass is 10.0. The Kier molecular flexibility index (Phi) is 2.70. The maximum absolute atomic E-state index is 11.8. The Morgan fingerprint density at radius 1 is 1.35 bits per heavy atom. The first-order valence-electron chi connectivity index (χ1n) is 7.18. The summed E-state index contributed by atoms with van der Waals surface area (Å²) in [6.07, 6.45) is 3.08. The number of aromatic nitrogens is 3. The summed E-state index contributed by atoms with van der Waals surface area (Å²) in [7, 11) is 0. The molecule has 6 nitrogen and oxygen atoms in total. The van der Waals surface area contributed by atoms with Gasteiger partial charge in [-0.05, 0) is 37.9 Å². The fourth-order valence-corrected chi connectivity index (χ4v) is 2.75. The van der Waals surface area contributed by atoms with Crippen LogP contribution in [0.15, 0.2) is 18.2 Å². The lowest BCUT2D eigenvalue weighted by molar-refractivity contribution is -0.117. The number of amides is 1. The maximum Gasteiger partial charge on any atom is 0.249 e. The SMILES string of the molecule is O=C(Nc1nc2cccc(C3CCNC3)n2n1)C1CC1. The standard InChI is InChI=1S/C14H17N5O/c20-13(9-4-5-9)17-14-16-12-3-1-2-11(19(12)18-14)10-6-7-15-8-10/h1-3,9-10,15H,4-8H2,(H,17,18,20). The molecule has 20 heavy (non-hydrogen) atoms. The highest BCUT2D eigenvalue weighted by Gasteiger charge is 2.30. The van der Waals surface area contributed by atoms with E-state index in [1.807, 2.05) is 16.6 Å². The van der Waals surface area contributed by atoms with Crippen molar-refractivity contribution < 1.29 is 4.79 Å². The maximum atomic E-state index is 11.8. The molecule has 1 saturated carbocycles. The number of nitrogens with one attached hydrogen (secondary N) is 2. The predicted octanol–water partition coefficient (Wildman–Crippen LogP) is 1.15. The van der Waals surface area contributed by atoms with Crippen LogP contribution in [0.1, 0.15) is 30.9 Å². The highest BCUT2D eigenvalue weighted by atomic mass is 16.2. The van der Waals surface area contributed by atoms with Gasteiger partial charge in [0.2, 0.25) is 11.9 Å². The Bertz CT molecular complexity index is 655. The number of hydrogen-bond donors (Lipinski definition) is 2. The summed E-state index contributed by atoms with van der Waals surface area (Å²) in [4.78, 5) is 16.2. The molecule has 0 aromatic carbocycles. The van der Waals surface area contributed by atoms with Gasteiger partial charge in [0.15, 0.2) is 5.65 Å². The fourth-order valence-electron chi connectivity index (χ4n) is 2.75. The second-order valence-corrected chi connectivity index (χ2v) is 5.61. The van der Waals surface area contributed by atoms with Crippen LogP contribution in [0.2, 0.25) is 0 Å². The second kappa shape index (κ2) is 4.56. The first-order valence-corrected chi connectivity index (χ1v) is 7.18. The summed E-state index contributed by atoms with van der Waals surface area (Å²) in [5, 5.41) is 10.6. The summed E-state index contributed by atoms with van der Waals surface area (Å²) in [6.45, 7) is 2.02. The van der Waals surface area contributed by atoms with E-state index in [0.29, 0.717) is 11.9 Å². The van der Waals surface area contributed by atoms with Crippen LogP contribution in [0.3, 0.4) is 0 Å². The van der Waals surface area contributed by atoms with Crippen molar-refractivity contribution in [2.45, 2.75) is 25.2 Å². The average molecular weight is 271 g/mol. The van der Waals surface area contributed by atoms with Gasteiger partial charge in [0.05, 0.1) is 0 Å². The third-order valence-corrected chi connectivity index (χ3v) is 4.05. The zero-order chi connectivity index (χ0) is 13.5. The molecule has 2 aliphatic rings. The van der Waals surface area contributed by atoms with E-state index in [1.54, 1.807) is 0 Å². The number of carbonyl (C=O) groups excluding carboxylic acids is 1. The van der Waals surface area contributed by atoms with Crippen LogP contribution in [-0.2, 0) is 4.79 Å². The van der Waals surface area contributed by atoms with Gasteiger partial charge in [0.25, 0.3) is 0 Å².